The number of nitrogens with zero attached hydrogens (tertiary/aromatic N) is 2. The lowest BCUT2D eigenvalue weighted by atomic mass is 10.3. The molecule has 0 aliphatic carbocycles. The fourth-order valence-electron chi connectivity index (χ4n) is 1.73. The van der Waals surface area contributed by atoms with Crippen LogP contribution in [0.25, 0.3) is 0 Å². The van der Waals surface area contributed by atoms with Crippen LogP contribution in [0.15, 0.2) is 12.2 Å². The first-order valence-corrected chi connectivity index (χ1v) is 5.94. The van der Waals surface area contributed by atoms with Crippen molar-refractivity contribution in [3.63, 3.8) is 0 Å². The van der Waals surface area contributed by atoms with Gasteiger partial charge in [-0.3, -0.25) is 4.79 Å². The second-order valence-corrected chi connectivity index (χ2v) is 4.53. The summed E-state index contributed by atoms with van der Waals surface area (Å²) in [6, 6.07) is 0. The Morgan fingerprint density at radius 3 is 2.50 bits per heavy atom. The lowest BCUT2D eigenvalue weighted by Gasteiger charge is -2.32. The summed E-state index contributed by atoms with van der Waals surface area (Å²) < 4.78 is 0. The zero-order valence-corrected chi connectivity index (χ0v) is 10.5. The van der Waals surface area contributed by atoms with Crippen molar-refractivity contribution in [3.05, 3.63) is 12.2 Å². The Hall–Kier alpha value is -0.870. The van der Waals surface area contributed by atoms with Gasteiger partial charge in [-0.05, 0) is 26.9 Å². The fourth-order valence-corrected chi connectivity index (χ4v) is 1.73. The molecule has 0 saturated carbocycles. The first-order valence-electron chi connectivity index (χ1n) is 5.94. The first kappa shape index (κ1) is 13.2. The molecule has 1 saturated heterocycles. The SMILES string of the molecule is C=C(C)C(=O)NCCCN1CCN(C)CC1. The van der Waals surface area contributed by atoms with Crippen molar-refractivity contribution >= 4 is 5.91 Å². The molecule has 1 aliphatic heterocycles. The lowest BCUT2D eigenvalue weighted by molar-refractivity contribution is -0.117. The topological polar surface area (TPSA) is 35.6 Å². The number of amides is 1. The van der Waals surface area contributed by atoms with Gasteiger partial charge in [0.2, 0.25) is 5.91 Å². The molecule has 1 amide bonds. The van der Waals surface area contributed by atoms with Gasteiger partial charge in [0.25, 0.3) is 0 Å². The third-order valence-corrected chi connectivity index (χ3v) is 2.92. The Morgan fingerprint density at radius 2 is 1.94 bits per heavy atom. The molecule has 1 heterocycles. The second kappa shape index (κ2) is 6.66. The quantitative estimate of drug-likeness (QED) is 0.540. The summed E-state index contributed by atoms with van der Waals surface area (Å²) in [7, 11) is 2.16. The van der Waals surface area contributed by atoms with Crippen LogP contribution in [0.2, 0.25) is 0 Å². The highest BCUT2D eigenvalue weighted by atomic mass is 16.1. The van der Waals surface area contributed by atoms with E-state index in [1.165, 1.54) is 0 Å². The maximum Gasteiger partial charge on any atom is 0.246 e. The molecular formula is C12H23N3O. The van der Waals surface area contributed by atoms with E-state index >= 15 is 0 Å². The second-order valence-electron chi connectivity index (χ2n) is 4.53. The van der Waals surface area contributed by atoms with Gasteiger partial charge in [0.1, 0.15) is 0 Å². The van der Waals surface area contributed by atoms with E-state index in [1.54, 1.807) is 6.92 Å². The smallest absolute Gasteiger partial charge is 0.246 e. The number of likely N-dealkylation sites (N-methyl/N-ethyl adjacent to an activating group) is 1. The van der Waals surface area contributed by atoms with Crippen molar-refractivity contribution in [2.45, 2.75) is 13.3 Å². The maximum atomic E-state index is 11.2. The van der Waals surface area contributed by atoms with Crippen molar-refractivity contribution in [1.82, 2.24) is 15.1 Å². The van der Waals surface area contributed by atoms with Gasteiger partial charge in [-0.15, -0.1) is 0 Å². The van der Waals surface area contributed by atoms with Gasteiger partial charge in [0, 0.05) is 38.3 Å². The van der Waals surface area contributed by atoms with E-state index in [0.29, 0.717) is 5.57 Å². The number of hydrogen-bond acceptors (Lipinski definition) is 3. The summed E-state index contributed by atoms with van der Waals surface area (Å²) in [4.78, 5) is 16.0. The summed E-state index contributed by atoms with van der Waals surface area (Å²) in [5.74, 6) is -0.0293. The van der Waals surface area contributed by atoms with Gasteiger partial charge in [-0.1, -0.05) is 6.58 Å². The minimum Gasteiger partial charge on any atom is -0.352 e. The molecule has 4 heteroatoms. The molecule has 0 radical (unpaired) electrons. The van der Waals surface area contributed by atoms with Gasteiger partial charge in [-0.25, -0.2) is 0 Å². The molecule has 16 heavy (non-hydrogen) atoms. The minimum atomic E-state index is -0.0293. The molecule has 0 aromatic heterocycles. The van der Waals surface area contributed by atoms with Gasteiger partial charge in [0.05, 0.1) is 0 Å². The molecule has 0 atom stereocenters. The molecule has 1 rings (SSSR count). The molecular weight excluding hydrogens is 202 g/mol. The van der Waals surface area contributed by atoms with Crippen LogP contribution in [0.3, 0.4) is 0 Å². The highest BCUT2D eigenvalue weighted by molar-refractivity contribution is 5.91. The normalized spacial score (nSPS) is 18.4. The Bertz CT molecular complexity index is 245. The first-order chi connectivity index (χ1) is 7.59. The molecule has 1 N–H and O–H groups in total. The third kappa shape index (κ3) is 4.77. The van der Waals surface area contributed by atoms with Crippen molar-refractivity contribution < 1.29 is 4.79 Å². The number of piperazine rings is 1. The van der Waals surface area contributed by atoms with Crippen molar-refractivity contribution in [2.24, 2.45) is 0 Å². The van der Waals surface area contributed by atoms with E-state index in [0.717, 1.165) is 45.7 Å². The average Bonchev–Trinajstić information content (AvgIpc) is 2.26. The molecule has 0 unspecified atom stereocenters. The monoisotopic (exact) mass is 225 g/mol. The average molecular weight is 225 g/mol. The van der Waals surface area contributed by atoms with Crippen LogP contribution in [-0.4, -0.2) is 62.0 Å². The minimum absolute atomic E-state index is 0.0293. The number of nitrogens with one attached hydrogen (secondary N) is 1. The molecule has 0 aromatic rings. The Labute approximate surface area is 98.3 Å². The van der Waals surface area contributed by atoms with E-state index in [4.69, 9.17) is 0 Å². The molecule has 92 valence electrons. The number of carbonyl (C=O) groups is 1. The number of hydrogen-bond donors (Lipinski definition) is 1. The Balaban J connectivity index is 2.03. The van der Waals surface area contributed by atoms with Crippen molar-refractivity contribution in [3.8, 4) is 0 Å². The Morgan fingerprint density at radius 1 is 1.31 bits per heavy atom. The summed E-state index contributed by atoms with van der Waals surface area (Å²) in [6.45, 7) is 11.7. The van der Waals surface area contributed by atoms with Crippen LogP contribution in [0, 0.1) is 0 Å². The molecule has 1 aliphatic rings. The van der Waals surface area contributed by atoms with Crippen LogP contribution in [0.5, 0.6) is 0 Å². The summed E-state index contributed by atoms with van der Waals surface area (Å²) >= 11 is 0. The lowest BCUT2D eigenvalue weighted by Crippen LogP contribution is -2.45. The van der Waals surface area contributed by atoms with E-state index in [9.17, 15) is 4.79 Å². The predicted octanol–water partition coefficient (Wildman–Crippen LogP) is 0.316. The van der Waals surface area contributed by atoms with E-state index in [1.807, 2.05) is 0 Å². The van der Waals surface area contributed by atoms with Gasteiger partial charge >= 0.3 is 0 Å². The number of rotatable bonds is 5. The van der Waals surface area contributed by atoms with E-state index in [2.05, 4.69) is 28.7 Å². The van der Waals surface area contributed by atoms with Gasteiger partial charge in [0.15, 0.2) is 0 Å². The van der Waals surface area contributed by atoms with Crippen LogP contribution in [0.4, 0.5) is 0 Å². The number of carbonyl (C=O) groups excluding carboxylic acids is 1. The van der Waals surface area contributed by atoms with Crippen LogP contribution in [-0.2, 0) is 4.79 Å². The zero-order chi connectivity index (χ0) is 12.0. The highest BCUT2D eigenvalue weighted by Crippen LogP contribution is 1.99. The van der Waals surface area contributed by atoms with E-state index < -0.39 is 0 Å². The van der Waals surface area contributed by atoms with Crippen molar-refractivity contribution in [1.29, 1.82) is 0 Å². The van der Waals surface area contributed by atoms with E-state index in [-0.39, 0.29) is 5.91 Å². The zero-order valence-electron chi connectivity index (χ0n) is 10.5. The summed E-state index contributed by atoms with van der Waals surface area (Å²) in [6.07, 6.45) is 1.02. The Kier molecular flexibility index (Phi) is 5.49. The molecule has 0 aromatic carbocycles. The van der Waals surface area contributed by atoms with Crippen LogP contribution in [0.1, 0.15) is 13.3 Å². The molecule has 1 fully saturated rings. The van der Waals surface area contributed by atoms with Crippen molar-refractivity contribution in [2.75, 3.05) is 46.3 Å². The van der Waals surface area contributed by atoms with Gasteiger partial charge < -0.3 is 15.1 Å². The summed E-state index contributed by atoms with van der Waals surface area (Å²) in [5.41, 5.74) is 0.583. The standard InChI is InChI=1S/C12H23N3O/c1-11(2)12(16)13-5-4-6-15-9-7-14(3)8-10-15/h1,4-10H2,2-3H3,(H,13,16). The maximum absolute atomic E-state index is 11.2. The van der Waals surface area contributed by atoms with Crippen LogP contribution >= 0.6 is 0 Å². The predicted molar refractivity (Wildman–Crippen MR) is 66.4 cm³/mol. The largest absolute Gasteiger partial charge is 0.352 e. The highest BCUT2D eigenvalue weighted by Gasteiger charge is 2.12. The molecule has 0 spiro atoms. The van der Waals surface area contributed by atoms with Crippen LogP contribution < -0.4 is 5.32 Å². The summed E-state index contributed by atoms with van der Waals surface area (Å²) in [5, 5.41) is 2.85. The molecule has 0 bridgehead atoms. The third-order valence-electron chi connectivity index (χ3n) is 2.92. The molecule has 4 nitrogen and oxygen atoms in total. The fraction of sp³-hybridized carbons (Fsp3) is 0.750. The van der Waals surface area contributed by atoms with Gasteiger partial charge in [-0.2, -0.15) is 0 Å².